The van der Waals surface area contributed by atoms with Gasteiger partial charge in [-0.05, 0) is 36.5 Å². The molecular weight excluding hydrogens is 414 g/mol. The van der Waals surface area contributed by atoms with Crippen LogP contribution in [-0.2, 0) is 12.6 Å². The third-order valence-electron chi connectivity index (χ3n) is 4.83. The number of fused-ring (bicyclic) bond motifs is 1. The van der Waals surface area contributed by atoms with Crippen molar-refractivity contribution in [3.63, 3.8) is 0 Å². The lowest BCUT2D eigenvalue weighted by molar-refractivity contribution is -0.140. The van der Waals surface area contributed by atoms with Crippen LogP contribution in [0.2, 0.25) is 0 Å². The van der Waals surface area contributed by atoms with Gasteiger partial charge in [-0.25, -0.2) is 9.37 Å². The molecule has 168 valence electrons. The molecule has 0 aliphatic rings. The molecule has 2 N–H and O–H groups in total. The zero-order valence-electron chi connectivity index (χ0n) is 17.8. The number of halogens is 4. The van der Waals surface area contributed by atoms with E-state index < -0.39 is 29.0 Å². The summed E-state index contributed by atoms with van der Waals surface area (Å²) in [5.74, 6) is 0.0967. The molecule has 0 amide bonds. The van der Waals surface area contributed by atoms with Crippen molar-refractivity contribution < 1.29 is 22.7 Å². The van der Waals surface area contributed by atoms with Crippen LogP contribution >= 0.6 is 0 Å². The fourth-order valence-electron chi connectivity index (χ4n) is 3.36. The smallest absolute Gasteiger partial charge is 0.396 e. The van der Waals surface area contributed by atoms with Gasteiger partial charge < -0.3 is 10.4 Å². The summed E-state index contributed by atoms with van der Waals surface area (Å²) < 4.78 is 54.7. The van der Waals surface area contributed by atoms with Gasteiger partial charge in [0.05, 0.1) is 11.6 Å². The summed E-state index contributed by atoms with van der Waals surface area (Å²) in [7, 11) is 0. The molecule has 1 atom stereocenters. The highest BCUT2D eigenvalue weighted by atomic mass is 19.4. The summed E-state index contributed by atoms with van der Waals surface area (Å²) in [5.41, 5.74) is -0.727. The lowest BCUT2D eigenvalue weighted by atomic mass is 9.82. The van der Waals surface area contributed by atoms with Gasteiger partial charge in [-0.2, -0.15) is 22.7 Å². The Morgan fingerprint density at radius 2 is 1.84 bits per heavy atom. The highest BCUT2D eigenvalue weighted by Crippen LogP contribution is 2.38. The Hall–Kier alpha value is -2.75. The zero-order chi connectivity index (χ0) is 23.0. The van der Waals surface area contributed by atoms with Crippen molar-refractivity contribution in [1.82, 2.24) is 19.6 Å². The second kappa shape index (κ2) is 8.41. The number of nitrogens with one attached hydrogen (secondary N) is 1. The summed E-state index contributed by atoms with van der Waals surface area (Å²) in [6, 6.07) is 4.19. The van der Waals surface area contributed by atoms with Gasteiger partial charge in [-0.15, -0.1) is 5.10 Å². The molecule has 0 unspecified atom stereocenters. The molecule has 3 aromatic rings. The average Bonchev–Trinajstić information content (AvgIpc) is 3.04. The summed E-state index contributed by atoms with van der Waals surface area (Å²) in [6.45, 7) is 7.51. The van der Waals surface area contributed by atoms with E-state index in [1.54, 1.807) is 13.0 Å². The molecule has 0 bridgehead atoms. The number of benzene rings is 1. The van der Waals surface area contributed by atoms with E-state index in [9.17, 15) is 17.6 Å². The maximum atomic E-state index is 14.3. The van der Waals surface area contributed by atoms with Crippen LogP contribution in [0.4, 0.5) is 23.4 Å². The lowest BCUT2D eigenvalue weighted by Gasteiger charge is -2.33. The first-order chi connectivity index (χ1) is 14.4. The predicted molar refractivity (Wildman–Crippen MR) is 108 cm³/mol. The SMILES string of the molecule is Cc1cc(N[C@@H](c2ccc(C(F)(F)F)c(F)c2)C(C)(C)C)n2nc(CCCO)nc2n1. The predicted octanol–water partition coefficient (Wildman–Crippen LogP) is 4.71. The number of aliphatic hydroxyl groups excluding tert-OH is 1. The van der Waals surface area contributed by atoms with E-state index in [4.69, 9.17) is 5.11 Å². The quantitative estimate of drug-likeness (QED) is 0.544. The number of anilines is 1. The molecule has 0 saturated carbocycles. The first-order valence-corrected chi connectivity index (χ1v) is 9.87. The van der Waals surface area contributed by atoms with Crippen LogP contribution in [0.5, 0.6) is 0 Å². The van der Waals surface area contributed by atoms with E-state index in [1.807, 2.05) is 20.8 Å². The van der Waals surface area contributed by atoms with Gasteiger partial charge in [-0.1, -0.05) is 26.8 Å². The van der Waals surface area contributed by atoms with Crippen molar-refractivity contribution in [3.8, 4) is 0 Å². The fraction of sp³-hybridized carbons (Fsp3) is 0.476. The van der Waals surface area contributed by atoms with E-state index in [0.29, 0.717) is 41.5 Å². The first kappa shape index (κ1) is 22.9. The van der Waals surface area contributed by atoms with Crippen molar-refractivity contribution in [3.05, 3.63) is 52.7 Å². The summed E-state index contributed by atoms with van der Waals surface area (Å²) in [6.07, 6.45) is -3.77. The first-order valence-electron chi connectivity index (χ1n) is 9.87. The second-order valence-corrected chi connectivity index (χ2v) is 8.53. The van der Waals surface area contributed by atoms with Crippen LogP contribution in [0.3, 0.4) is 0 Å². The molecule has 31 heavy (non-hydrogen) atoms. The minimum absolute atomic E-state index is 0.0126. The molecule has 0 spiro atoms. The molecule has 2 aromatic heterocycles. The van der Waals surface area contributed by atoms with Crippen molar-refractivity contribution in [2.24, 2.45) is 5.41 Å². The molecule has 2 heterocycles. The van der Waals surface area contributed by atoms with Gasteiger partial charge >= 0.3 is 6.18 Å². The molecule has 0 aliphatic heterocycles. The maximum absolute atomic E-state index is 14.3. The summed E-state index contributed by atoms with van der Waals surface area (Å²) in [5, 5.41) is 16.8. The number of alkyl halides is 3. The Bertz CT molecular complexity index is 1070. The second-order valence-electron chi connectivity index (χ2n) is 8.53. The van der Waals surface area contributed by atoms with E-state index in [-0.39, 0.29) is 6.61 Å². The number of nitrogens with zero attached hydrogens (tertiary/aromatic N) is 4. The topological polar surface area (TPSA) is 75.3 Å². The molecule has 0 saturated heterocycles. The van der Waals surface area contributed by atoms with E-state index >= 15 is 0 Å². The number of aryl methyl sites for hydroxylation is 2. The van der Waals surface area contributed by atoms with Crippen LogP contribution in [0, 0.1) is 18.2 Å². The lowest BCUT2D eigenvalue weighted by Crippen LogP contribution is -2.27. The Morgan fingerprint density at radius 3 is 2.42 bits per heavy atom. The Labute approximate surface area is 177 Å². The van der Waals surface area contributed by atoms with Crippen LogP contribution in [0.25, 0.3) is 5.78 Å². The number of aliphatic hydroxyl groups is 1. The third kappa shape index (κ3) is 5.12. The normalized spacial score (nSPS) is 13.6. The molecule has 10 heteroatoms. The van der Waals surface area contributed by atoms with Crippen LogP contribution in [0.1, 0.15) is 55.9 Å². The number of hydrogen-bond acceptors (Lipinski definition) is 5. The molecular formula is C21H25F4N5O. The Kier molecular flexibility index (Phi) is 6.22. The molecule has 0 aliphatic carbocycles. The Morgan fingerprint density at radius 1 is 1.13 bits per heavy atom. The average molecular weight is 439 g/mol. The van der Waals surface area contributed by atoms with Crippen molar-refractivity contribution in [2.45, 2.75) is 52.8 Å². The van der Waals surface area contributed by atoms with E-state index in [2.05, 4.69) is 20.4 Å². The largest absolute Gasteiger partial charge is 0.419 e. The molecule has 1 aromatic carbocycles. The van der Waals surface area contributed by atoms with Crippen LogP contribution in [-0.4, -0.2) is 31.3 Å². The molecule has 0 radical (unpaired) electrons. The van der Waals surface area contributed by atoms with Gasteiger partial charge in [0.1, 0.15) is 11.6 Å². The van der Waals surface area contributed by atoms with Crippen molar-refractivity contribution in [1.29, 1.82) is 0 Å². The van der Waals surface area contributed by atoms with Gasteiger partial charge in [0.15, 0.2) is 5.82 Å². The van der Waals surface area contributed by atoms with E-state index in [0.717, 1.165) is 12.1 Å². The van der Waals surface area contributed by atoms with Gasteiger partial charge in [0.2, 0.25) is 0 Å². The summed E-state index contributed by atoms with van der Waals surface area (Å²) in [4.78, 5) is 8.73. The maximum Gasteiger partial charge on any atom is 0.419 e. The molecule has 6 nitrogen and oxygen atoms in total. The number of rotatable bonds is 6. The van der Waals surface area contributed by atoms with Crippen LogP contribution < -0.4 is 5.32 Å². The van der Waals surface area contributed by atoms with Crippen molar-refractivity contribution in [2.75, 3.05) is 11.9 Å². The molecule has 3 rings (SSSR count). The van der Waals surface area contributed by atoms with Gasteiger partial charge in [0, 0.05) is 24.8 Å². The number of aromatic nitrogens is 4. The highest BCUT2D eigenvalue weighted by Gasteiger charge is 2.35. The number of hydrogen-bond donors (Lipinski definition) is 2. The highest BCUT2D eigenvalue weighted by molar-refractivity contribution is 5.48. The minimum atomic E-state index is -4.76. The fourth-order valence-corrected chi connectivity index (χ4v) is 3.36. The van der Waals surface area contributed by atoms with Gasteiger partial charge in [-0.3, -0.25) is 0 Å². The third-order valence-corrected chi connectivity index (χ3v) is 4.83. The standard InChI is InChI=1S/C21H25F4N5O/c1-12-10-17(30-19(26-12)27-16(29-30)6-5-9-31)28-18(20(2,3)4)13-7-8-14(15(22)11-13)21(23,24)25/h7-8,10-11,18,28,31H,5-6,9H2,1-4H3/t18-/m0/s1. The monoisotopic (exact) mass is 439 g/mol. The van der Waals surface area contributed by atoms with Gasteiger partial charge in [0.25, 0.3) is 5.78 Å². The minimum Gasteiger partial charge on any atom is -0.396 e. The summed E-state index contributed by atoms with van der Waals surface area (Å²) >= 11 is 0. The zero-order valence-corrected chi connectivity index (χ0v) is 17.8. The van der Waals surface area contributed by atoms with E-state index in [1.165, 1.54) is 10.6 Å². The van der Waals surface area contributed by atoms with Crippen molar-refractivity contribution >= 4 is 11.6 Å². The molecule has 0 fully saturated rings. The van der Waals surface area contributed by atoms with Crippen LogP contribution in [0.15, 0.2) is 24.3 Å². The Balaban J connectivity index is 2.03.